The van der Waals surface area contributed by atoms with Gasteiger partial charge in [0.15, 0.2) is 0 Å². The summed E-state index contributed by atoms with van der Waals surface area (Å²) in [6.07, 6.45) is 0. The molecule has 0 saturated heterocycles. The summed E-state index contributed by atoms with van der Waals surface area (Å²) in [5.74, 6) is -0.506. The molecular weight excluding hydrogens is 276 g/mol. The van der Waals surface area contributed by atoms with Crippen molar-refractivity contribution in [2.75, 3.05) is 7.11 Å². The summed E-state index contributed by atoms with van der Waals surface area (Å²) in [4.78, 5) is 15.3. The van der Waals surface area contributed by atoms with E-state index in [1.807, 2.05) is 6.07 Å². The topological polar surface area (TPSA) is 65.2 Å². The van der Waals surface area contributed by atoms with Crippen molar-refractivity contribution in [3.63, 3.8) is 0 Å². The van der Waals surface area contributed by atoms with Crippen molar-refractivity contribution in [3.8, 4) is 11.4 Å². The lowest BCUT2D eigenvalue weighted by molar-refractivity contribution is 0.0554. The van der Waals surface area contributed by atoms with Crippen molar-refractivity contribution < 1.29 is 14.1 Å². The van der Waals surface area contributed by atoms with E-state index in [0.29, 0.717) is 16.0 Å². The highest BCUT2D eigenvalue weighted by molar-refractivity contribution is 9.10. The zero-order chi connectivity index (χ0) is 11.5. The van der Waals surface area contributed by atoms with Crippen LogP contribution in [0.2, 0.25) is 0 Å². The van der Waals surface area contributed by atoms with Crippen LogP contribution in [-0.4, -0.2) is 23.2 Å². The Morgan fingerprint density at radius 2 is 2.25 bits per heavy atom. The first-order valence-corrected chi connectivity index (χ1v) is 5.18. The molecule has 0 saturated carbocycles. The second kappa shape index (κ2) is 4.44. The minimum absolute atomic E-state index is 0.0549. The van der Waals surface area contributed by atoms with Gasteiger partial charge in [-0.3, -0.25) is 0 Å². The van der Waals surface area contributed by atoms with Gasteiger partial charge in [0.05, 0.1) is 12.8 Å². The molecule has 0 amide bonds. The van der Waals surface area contributed by atoms with Gasteiger partial charge in [-0.15, -0.1) is 0 Å². The van der Waals surface area contributed by atoms with Gasteiger partial charge in [0.1, 0.15) is 10.3 Å². The van der Waals surface area contributed by atoms with Gasteiger partial charge in [0, 0.05) is 6.07 Å². The smallest absolute Gasteiger partial charge is 0.376 e. The van der Waals surface area contributed by atoms with Gasteiger partial charge in [0.2, 0.25) is 5.76 Å². The second-order valence-corrected chi connectivity index (χ2v) is 3.73. The monoisotopic (exact) mass is 282 g/mol. The first kappa shape index (κ1) is 10.8. The van der Waals surface area contributed by atoms with Crippen LogP contribution < -0.4 is 0 Å². The molecule has 0 radical (unpaired) electrons. The molecule has 0 aromatic carbocycles. The number of esters is 1. The molecule has 6 heteroatoms. The van der Waals surface area contributed by atoms with Crippen LogP contribution in [0.15, 0.2) is 33.4 Å². The van der Waals surface area contributed by atoms with E-state index in [4.69, 9.17) is 4.52 Å². The van der Waals surface area contributed by atoms with E-state index >= 15 is 0 Å². The summed E-state index contributed by atoms with van der Waals surface area (Å²) in [5.41, 5.74) is 1.11. The average Bonchev–Trinajstić information content (AvgIpc) is 2.77. The Morgan fingerprint density at radius 3 is 2.94 bits per heavy atom. The van der Waals surface area contributed by atoms with Crippen molar-refractivity contribution in [1.82, 2.24) is 10.1 Å². The molecule has 0 spiro atoms. The number of hydrogen-bond donors (Lipinski definition) is 0. The van der Waals surface area contributed by atoms with Crippen LogP contribution in [-0.2, 0) is 4.74 Å². The number of rotatable bonds is 2. The van der Waals surface area contributed by atoms with Gasteiger partial charge in [-0.05, 0) is 28.1 Å². The van der Waals surface area contributed by atoms with Crippen molar-refractivity contribution in [3.05, 3.63) is 34.6 Å². The predicted molar refractivity (Wildman–Crippen MR) is 58.8 cm³/mol. The number of methoxy groups -OCH3 is 1. The van der Waals surface area contributed by atoms with Crippen molar-refractivity contribution >= 4 is 21.9 Å². The molecule has 0 fully saturated rings. The normalized spacial score (nSPS) is 10.1. The highest BCUT2D eigenvalue weighted by atomic mass is 79.9. The Balaban J connectivity index is 2.35. The number of hydrogen-bond acceptors (Lipinski definition) is 5. The van der Waals surface area contributed by atoms with Crippen molar-refractivity contribution in [1.29, 1.82) is 0 Å². The van der Waals surface area contributed by atoms with Gasteiger partial charge >= 0.3 is 5.97 Å². The average molecular weight is 283 g/mol. The molecule has 5 nitrogen and oxygen atoms in total. The Kier molecular flexibility index (Phi) is 3.00. The van der Waals surface area contributed by atoms with E-state index in [1.165, 1.54) is 13.2 Å². The molecule has 16 heavy (non-hydrogen) atoms. The van der Waals surface area contributed by atoms with Crippen LogP contribution in [0, 0.1) is 0 Å². The number of halogens is 1. The summed E-state index contributed by atoms with van der Waals surface area (Å²) in [5, 5.41) is 3.74. The minimum Gasteiger partial charge on any atom is -0.463 e. The van der Waals surface area contributed by atoms with Gasteiger partial charge in [-0.1, -0.05) is 11.2 Å². The highest BCUT2D eigenvalue weighted by Crippen LogP contribution is 2.19. The van der Waals surface area contributed by atoms with Crippen LogP contribution in [0.3, 0.4) is 0 Å². The molecule has 0 aliphatic rings. The molecular formula is C10H7BrN2O3. The number of carbonyl (C=O) groups is 1. The van der Waals surface area contributed by atoms with Gasteiger partial charge in [-0.2, -0.15) is 0 Å². The maximum atomic E-state index is 11.1. The summed E-state index contributed by atoms with van der Waals surface area (Å²) in [7, 11) is 1.28. The zero-order valence-corrected chi connectivity index (χ0v) is 9.89. The Morgan fingerprint density at radius 1 is 1.44 bits per heavy atom. The molecule has 0 N–H and O–H groups in total. The lowest BCUT2D eigenvalue weighted by Gasteiger charge is -1.93. The van der Waals surface area contributed by atoms with E-state index in [0.717, 1.165) is 0 Å². The highest BCUT2D eigenvalue weighted by Gasteiger charge is 2.14. The number of aromatic nitrogens is 2. The molecule has 82 valence electrons. The van der Waals surface area contributed by atoms with Gasteiger partial charge < -0.3 is 9.26 Å². The van der Waals surface area contributed by atoms with Crippen molar-refractivity contribution in [2.45, 2.75) is 0 Å². The molecule has 0 atom stereocenters. The SMILES string of the molecule is COC(=O)c1cc(-c2cccc(Br)n2)no1. The van der Waals surface area contributed by atoms with E-state index in [9.17, 15) is 4.79 Å². The fraction of sp³-hybridized carbons (Fsp3) is 0.100. The zero-order valence-electron chi connectivity index (χ0n) is 8.31. The van der Waals surface area contributed by atoms with E-state index in [2.05, 4.69) is 30.8 Å². The van der Waals surface area contributed by atoms with Gasteiger partial charge in [-0.25, -0.2) is 9.78 Å². The third-order valence-corrected chi connectivity index (χ3v) is 2.32. The molecule has 2 aromatic rings. The largest absolute Gasteiger partial charge is 0.463 e. The molecule has 0 unspecified atom stereocenters. The quantitative estimate of drug-likeness (QED) is 0.625. The van der Waals surface area contributed by atoms with E-state index in [-0.39, 0.29) is 5.76 Å². The number of carbonyl (C=O) groups excluding carboxylic acids is 1. The predicted octanol–water partition coefficient (Wildman–Crippen LogP) is 2.29. The van der Waals surface area contributed by atoms with E-state index < -0.39 is 5.97 Å². The molecule has 0 bridgehead atoms. The maximum Gasteiger partial charge on any atom is 0.376 e. The van der Waals surface area contributed by atoms with Crippen molar-refractivity contribution in [2.24, 2.45) is 0 Å². The Labute approximate surface area is 99.5 Å². The van der Waals surface area contributed by atoms with Crippen LogP contribution in [0.4, 0.5) is 0 Å². The Bertz CT molecular complexity index is 524. The molecule has 2 aromatic heterocycles. The first-order valence-electron chi connectivity index (χ1n) is 4.38. The molecule has 0 aliphatic heterocycles. The van der Waals surface area contributed by atoms with Crippen LogP contribution >= 0.6 is 15.9 Å². The number of ether oxygens (including phenoxy) is 1. The van der Waals surface area contributed by atoms with Crippen LogP contribution in [0.5, 0.6) is 0 Å². The molecule has 2 heterocycles. The van der Waals surface area contributed by atoms with E-state index in [1.54, 1.807) is 12.1 Å². The Hall–Kier alpha value is -1.69. The molecule has 0 aliphatic carbocycles. The summed E-state index contributed by atoms with van der Waals surface area (Å²) < 4.78 is 10.0. The fourth-order valence-electron chi connectivity index (χ4n) is 1.14. The third kappa shape index (κ3) is 2.11. The number of nitrogens with zero attached hydrogens (tertiary/aromatic N) is 2. The fourth-order valence-corrected chi connectivity index (χ4v) is 1.49. The standard InChI is InChI=1S/C10H7BrN2O3/c1-15-10(14)8-5-7(13-16-8)6-3-2-4-9(11)12-6/h2-5H,1H3. The van der Waals surface area contributed by atoms with Crippen LogP contribution in [0.25, 0.3) is 11.4 Å². The maximum absolute atomic E-state index is 11.1. The second-order valence-electron chi connectivity index (χ2n) is 2.91. The summed E-state index contributed by atoms with van der Waals surface area (Å²) in [6.45, 7) is 0. The third-order valence-electron chi connectivity index (χ3n) is 1.87. The van der Waals surface area contributed by atoms with Crippen LogP contribution in [0.1, 0.15) is 10.6 Å². The summed E-state index contributed by atoms with van der Waals surface area (Å²) >= 11 is 3.25. The lowest BCUT2D eigenvalue weighted by Crippen LogP contribution is -1.98. The molecule has 2 rings (SSSR count). The lowest BCUT2D eigenvalue weighted by atomic mass is 10.2. The number of pyridine rings is 1. The minimum atomic E-state index is -0.561. The van der Waals surface area contributed by atoms with Gasteiger partial charge in [0.25, 0.3) is 0 Å². The first-order chi connectivity index (χ1) is 7.70. The summed E-state index contributed by atoms with van der Waals surface area (Å²) in [6, 6.07) is 6.87.